The van der Waals surface area contributed by atoms with Crippen LogP contribution in [-0.4, -0.2) is 15.0 Å². The average molecular weight is 212 g/mol. The summed E-state index contributed by atoms with van der Waals surface area (Å²) >= 11 is 0. The van der Waals surface area contributed by atoms with Crippen LogP contribution in [0.2, 0.25) is 0 Å². The minimum Gasteiger partial charge on any atom is -0.351 e. The topological polar surface area (TPSA) is 73.9 Å². The molecule has 0 radical (unpaired) electrons. The van der Waals surface area contributed by atoms with Crippen molar-refractivity contribution in [2.45, 2.75) is 0 Å². The Bertz CT molecular complexity index is 639. The van der Waals surface area contributed by atoms with Crippen LogP contribution >= 0.6 is 0 Å². The summed E-state index contributed by atoms with van der Waals surface area (Å²) in [4.78, 5) is 20.9. The summed E-state index contributed by atoms with van der Waals surface area (Å²) in [5.74, 6) is 0. The first-order chi connectivity index (χ1) is 7.90. The number of para-hydroxylation sites is 1. The average Bonchev–Trinajstić information content (AvgIpc) is 2.95. The Morgan fingerprint density at radius 3 is 2.88 bits per heavy atom. The quantitative estimate of drug-likeness (QED) is 0.641. The van der Waals surface area contributed by atoms with E-state index in [1.54, 1.807) is 12.5 Å². The number of hydrogen-bond donors (Lipinski definition) is 2. The van der Waals surface area contributed by atoms with E-state index in [0.29, 0.717) is 11.4 Å². The van der Waals surface area contributed by atoms with Gasteiger partial charge in [-0.05, 0) is 11.2 Å². The first-order valence-electron chi connectivity index (χ1n) is 4.83. The van der Waals surface area contributed by atoms with Gasteiger partial charge in [-0.2, -0.15) is 0 Å². The lowest BCUT2D eigenvalue weighted by Gasteiger charge is -1.91. The molecule has 0 saturated carbocycles. The molecular weight excluding hydrogens is 204 g/mol. The van der Waals surface area contributed by atoms with Gasteiger partial charge in [0.05, 0.1) is 23.9 Å². The Morgan fingerprint density at radius 2 is 2.12 bits per heavy atom. The van der Waals surface area contributed by atoms with Crippen LogP contribution in [0.5, 0.6) is 0 Å². The first kappa shape index (κ1) is 8.84. The van der Waals surface area contributed by atoms with Crippen LogP contribution in [0.4, 0.5) is 5.69 Å². The largest absolute Gasteiger partial charge is 0.351 e. The molecule has 0 aliphatic heterocycles. The predicted octanol–water partition coefficient (Wildman–Crippen LogP) is 2.96. The van der Waals surface area contributed by atoms with Crippen molar-refractivity contribution < 1.29 is 0 Å². The van der Waals surface area contributed by atoms with Crippen molar-refractivity contribution in [1.82, 2.24) is 15.0 Å². The van der Waals surface area contributed by atoms with Crippen molar-refractivity contribution in [3.8, 4) is 11.4 Å². The van der Waals surface area contributed by atoms with Gasteiger partial charge in [-0.1, -0.05) is 18.2 Å². The second-order valence-corrected chi connectivity index (χ2v) is 3.45. The van der Waals surface area contributed by atoms with E-state index in [1.165, 1.54) is 0 Å². The number of hydrogen-bond acceptors (Lipinski definition) is 3. The SMILES string of the molecule is O=Nc1c(-c2cnc[nH]2)[nH]c2ccccc12. The third kappa shape index (κ3) is 1.15. The Morgan fingerprint density at radius 1 is 1.25 bits per heavy atom. The molecular formula is C11H8N4O. The second-order valence-electron chi connectivity index (χ2n) is 3.45. The summed E-state index contributed by atoms with van der Waals surface area (Å²) in [5.41, 5.74) is 2.74. The lowest BCUT2D eigenvalue weighted by atomic mass is 10.2. The zero-order chi connectivity index (χ0) is 11.0. The maximum atomic E-state index is 10.9. The molecule has 3 rings (SSSR count). The van der Waals surface area contributed by atoms with Crippen LogP contribution in [0.1, 0.15) is 0 Å². The Hall–Kier alpha value is -2.43. The number of aromatic amines is 2. The number of rotatable bonds is 2. The van der Waals surface area contributed by atoms with Gasteiger partial charge in [0.15, 0.2) is 0 Å². The van der Waals surface area contributed by atoms with Crippen LogP contribution in [0, 0.1) is 4.91 Å². The van der Waals surface area contributed by atoms with Crippen LogP contribution in [-0.2, 0) is 0 Å². The molecule has 0 atom stereocenters. The molecule has 3 aromatic rings. The predicted molar refractivity (Wildman–Crippen MR) is 61.3 cm³/mol. The molecule has 0 fully saturated rings. The Labute approximate surface area is 90.5 Å². The summed E-state index contributed by atoms with van der Waals surface area (Å²) < 4.78 is 0. The molecule has 2 heterocycles. The van der Waals surface area contributed by atoms with E-state index in [4.69, 9.17) is 0 Å². The van der Waals surface area contributed by atoms with Crippen molar-refractivity contribution in [1.29, 1.82) is 0 Å². The lowest BCUT2D eigenvalue weighted by molar-refractivity contribution is 1.30. The van der Waals surface area contributed by atoms with Gasteiger partial charge in [0.2, 0.25) is 0 Å². The molecule has 2 N–H and O–H groups in total. The fraction of sp³-hybridized carbons (Fsp3) is 0. The second kappa shape index (κ2) is 3.30. The van der Waals surface area contributed by atoms with Gasteiger partial charge in [0.1, 0.15) is 5.69 Å². The Balaban J connectivity index is 2.37. The molecule has 0 unspecified atom stereocenters. The van der Waals surface area contributed by atoms with Crippen molar-refractivity contribution in [3.63, 3.8) is 0 Å². The summed E-state index contributed by atoms with van der Waals surface area (Å²) in [6.45, 7) is 0. The van der Waals surface area contributed by atoms with Gasteiger partial charge in [0, 0.05) is 10.9 Å². The van der Waals surface area contributed by atoms with E-state index in [-0.39, 0.29) is 0 Å². The minimum atomic E-state index is 0.417. The van der Waals surface area contributed by atoms with Crippen molar-refractivity contribution >= 4 is 16.6 Å². The molecule has 2 aromatic heterocycles. The molecule has 1 aromatic carbocycles. The molecule has 0 aliphatic rings. The number of H-pyrrole nitrogens is 2. The van der Waals surface area contributed by atoms with Gasteiger partial charge in [-0.3, -0.25) is 0 Å². The molecule has 78 valence electrons. The highest BCUT2D eigenvalue weighted by atomic mass is 16.3. The molecule has 5 heteroatoms. The van der Waals surface area contributed by atoms with Gasteiger partial charge in [-0.25, -0.2) is 4.98 Å². The van der Waals surface area contributed by atoms with E-state index in [2.05, 4.69) is 20.1 Å². The minimum absolute atomic E-state index is 0.417. The summed E-state index contributed by atoms with van der Waals surface area (Å²) in [7, 11) is 0. The highest BCUT2D eigenvalue weighted by molar-refractivity contribution is 5.98. The van der Waals surface area contributed by atoms with Crippen molar-refractivity contribution in [2.75, 3.05) is 0 Å². The monoisotopic (exact) mass is 212 g/mol. The van der Waals surface area contributed by atoms with E-state index in [1.807, 2.05) is 24.3 Å². The Kier molecular flexibility index (Phi) is 1.83. The smallest absolute Gasteiger partial charge is 0.142 e. The highest BCUT2D eigenvalue weighted by Crippen LogP contribution is 2.35. The number of benzene rings is 1. The standard InChI is InChI=1S/C11H8N4O/c16-15-10-7-3-1-2-4-8(7)14-11(10)9-5-12-6-13-9/h1-6,14H,(H,12,13). The number of nitrogens with zero attached hydrogens (tertiary/aromatic N) is 2. The number of fused-ring (bicyclic) bond motifs is 1. The van der Waals surface area contributed by atoms with Crippen LogP contribution in [0.25, 0.3) is 22.3 Å². The third-order valence-corrected chi connectivity index (χ3v) is 2.54. The summed E-state index contributed by atoms with van der Waals surface area (Å²) in [6, 6.07) is 7.55. The van der Waals surface area contributed by atoms with Gasteiger partial charge >= 0.3 is 0 Å². The van der Waals surface area contributed by atoms with Crippen molar-refractivity contribution in [2.24, 2.45) is 5.18 Å². The van der Waals surface area contributed by atoms with Crippen LogP contribution < -0.4 is 0 Å². The molecule has 0 bridgehead atoms. The summed E-state index contributed by atoms with van der Waals surface area (Å²) in [6.07, 6.45) is 3.22. The molecule has 0 amide bonds. The number of nitroso groups, excluding NO2 is 1. The van der Waals surface area contributed by atoms with Gasteiger partial charge in [-0.15, -0.1) is 4.91 Å². The van der Waals surface area contributed by atoms with Gasteiger partial charge in [0.25, 0.3) is 0 Å². The zero-order valence-electron chi connectivity index (χ0n) is 8.27. The fourth-order valence-corrected chi connectivity index (χ4v) is 1.81. The highest BCUT2D eigenvalue weighted by Gasteiger charge is 2.13. The van der Waals surface area contributed by atoms with Crippen molar-refractivity contribution in [3.05, 3.63) is 41.7 Å². The van der Waals surface area contributed by atoms with Crippen LogP contribution in [0.15, 0.2) is 42.0 Å². The zero-order valence-corrected chi connectivity index (χ0v) is 8.27. The maximum Gasteiger partial charge on any atom is 0.142 e. The normalized spacial score (nSPS) is 10.8. The fourth-order valence-electron chi connectivity index (χ4n) is 1.81. The van der Waals surface area contributed by atoms with E-state index in [9.17, 15) is 4.91 Å². The summed E-state index contributed by atoms with van der Waals surface area (Å²) in [5, 5.41) is 3.91. The third-order valence-electron chi connectivity index (χ3n) is 2.54. The van der Waals surface area contributed by atoms with E-state index >= 15 is 0 Å². The first-order valence-corrected chi connectivity index (χ1v) is 4.83. The molecule has 16 heavy (non-hydrogen) atoms. The van der Waals surface area contributed by atoms with Crippen LogP contribution in [0.3, 0.4) is 0 Å². The van der Waals surface area contributed by atoms with E-state index in [0.717, 1.165) is 16.6 Å². The molecule has 0 saturated heterocycles. The number of nitrogens with one attached hydrogen (secondary N) is 2. The maximum absolute atomic E-state index is 10.9. The lowest BCUT2D eigenvalue weighted by Crippen LogP contribution is -1.75. The molecule has 5 nitrogen and oxygen atoms in total. The van der Waals surface area contributed by atoms with Gasteiger partial charge < -0.3 is 9.97 Å². The molecule has 0 aliphatic carbocycles. The number of imidazole rings is 1. The molecule has 0 spiro atoms. The number of aromatic nitrogens is 3. The van der Waals surface area contributed by atoms with E-state index < -0.39 is 0 Å².